The fourth-order valence-electron chi connectivity index (χ4n) is 2.23. The van der Waals surface area contributed by atoms with Crippen molar-refractivity contribution >= 4 is 23.2 Å². The van der Waals surface area contributed by atoms with Gasteiger partial charge >= 0.3 is 0 Å². The molecular formula is C14H18ClN3O. The van der Waals surface area contributed by atoms with Crippen molar-refractivity contribution in [3.05, 3.63) is 35.2 Å². The molecule has 0 fully saturated rings. The lowest BCUT2D eigenvalue weighted by Crippen LogP contribution is -2.34. The highest BCUT2D eigenvalue weighted by atomic mass is 35.5. The minimum Gasteiger partial charge on any atom is -0.348 e. The third-order valence-electron chi connectivity index (χ3n) is 2.90. The number of amides is 1. The number of carbonyl (C=O) groups excluding carboxylic acids is 1. The first-order valence-corrected chi connectivity index (χ1v) is 6.80. The smallest absolute Gasteiger partial charge is 0.271 e. The number of pyridine rings is 1. The van der Waals surface area contributed by atoms with Crippen LogP contribution >= 0.6 is 11.6 Å². The molecule has 1 N–H and O–H groups in total. The molecule has 0 aliphatic carbocycles. The fourth-order valence-corrected chi connectivity index (χ4v) is 2.49. The SMILES string of the molecule is CC(C)C[C@H](C)NC(=O)c1c(Cl)nc2ccccn12. The van der Waals surface area contributed by atoms with E-state index < -0.39 is 0 Å². The molecule has 0 saturated carbocycles. The maximum Gasteiger partial charge on any atom is 0.271 e. The molecule has 2 aromatic rings. The van der Waals surface area contributed by atoms with E-state index >= 15 is 0 Å². The summed E-state index contributed by atoms with van der Waals surface area (Å²) in [6.45, 7) is 6.25. The van der Waals surface area contributed by atoms with Gasteiger partial charge in [0.25, 0.3) is 5.91 Å². The molecule has 1 amide bonds. The van der Waals surface area contributed by atoms with Crippen LogP contribution in [-0.4, -0.2) is 21.3 Å². The molecular weight excluding hydrogens is 262 g/mol. The summed E-state index contributed by atoms with van der Waals surface area (Å²) in [5.74, 6) is 0.352. The Morgan fingerprint density at radius 3 is 2.84 bits per heavy atom. The summed E-state index contributed by atoms with van der Waals surface area (Å²) in [6.07, 6.45) is 2.72. The van der Waals surface area contributed by atoms with Crippen molar-refractivity contribution in [1.82, 2.24) is 14.7 Å². The van der Waals surface area contributed by atoms with E-state index in [2.05, 4.69) is 24.1 Å². The van der Waals surface area contributed by atoms with Gasteiger partial charge < -0.3 is 5.32 Å². The maximum absolute atomic E-state index is 12.3. The number of halogens is 1. The molecule has 0 radical (unpaired) electrons. The van der Waals surface area contributed by atoms with Crippen LogP contribution in [0.2, 0.25) is 5.15 Å². The standard InChI is InChI=1S/C14H18ClN3O/c1-9(2)8-10(3)16-14(19)12-13(15)17-11-6-4-5-7-18(11)12/h4-7,9-10H,8H2,1-3H3,(H,16,19)/t10-/m0/s1. The largest absolute Gasteiger partial charge is 0.348 e. The van der Waals surface area contributed by atoms with Crippen LogP contribution < -0.4 is 5.32 Å². The zero-order valence-electron chi connectivity index (χ0n) is 11.4. The van der Waals surface area contributed by atoms with Crippen molar-refractivity contribution < 1.29 is 4.79 Å². The van der Waals surface area contributed by atoms with Gasteiger partial charge in [-0.1, -0.05) is 31.5 Å². The number of nitrogens with zero attached hydrogens (tertiary/aromatic N) is 2. The van der Waals surface area contributed by atoms with Gasteiger partial charge in [-0.2, -0.15) is 0 Å². The van der Waals surface area contributed by atoms with E-state index in [1.165, 1.54) is 0 Å². The second-order valence-electron chi connectivity index (χ2n) is 5.18. The highest BCUT2D eigenvalue weighted by Crippen LogP contribution is 2.17. The highest BCUT2D eigenvalue weighted by molar-refractivity contribution is 6.32. The second kappa shape index (κ2) is 5.61. The topological polar surface area (TPSA) is 46.4 Å². The molecule has 4 nitrogen and oxygen atoms in total. The zero-order chi connectivity index (χ0) is 14.0. The summed E-state index contributed by atoms with van der Waals surface area (Å²) >= 11 is 6.06. The van der Waals surface area contributed by atoms with E-state index in [0.29, 0.717) is 17.3 Å². The van der Waals surface area contributed by atoms with Crippen LogP contribution in [0.5, 0.6) is 0 Å². The third kappa shape index (κ3) is 3.07. The van der Waals surface area contributed by atoms with Crippen LogP contribution in [0.1, 0.15) is 37.7 Å². The third-order valence-corrected chi connectivity index (χ3v) is 3.17. The fraction of sp³-hybridized carbons (Fsp3) is 0.429. The summed E-state index contributed by atoms with van der Waals surface area (Å²) in [5, 5.41) is 3.20. The number of fused-ring (bicyclic) bond motifs is 1. The number of rotatable bonds is 4. The molecule has 19 heavy (non-hydrogen) atoms. The number of aromatic nitrogens is 2. The summed E-state index contributed by atoms with van der Waals surface area (Å²) in [5.41, 5.74) is 1.07. The molecule has 2 heterocycles. The lowest BCUT2D eigenvalue weighted by molar-refractivity contribution is 0.0930. The molecule has 5 heteroatoms. The summed E-state index contributed by atoms with van der Waals surface area (Å²) in [4.78, 5) is 16.4. The Hall–Kier alpha value is -1.55. The van der Waals surface area contributed by atoms with Gasteiger partial charge in [-0.05, 0) is 31.4 Å². The first-order chi connectivity index (χ1) is 8.99. The van der Waals surface area contributed by atoms with E-state index in [4.69, 9.17) is 11.6 Å². The van der Waals surface area contributed by atoms with Crippen molar-refractivity contribution in [3.63, 3.8) is 0 Å². The normalized spacial score (nSPS) is 12.9. The first-order valence-electron chi connectivity index (χ1n) is 6.42. The minimum atomic E-state index is -0.183. The number of imidazole rings is 1. The second-order valence-corrected chi connectivity index (χ2v) is 5.54. The van der Waals surface area contributed by atoms with Gasteiger partial charge in [-0.15, -0.1) is 0 Å². The van der Waals surface area contributed by atoms with Crippen LogP contribution in [0.4, 0.5) is 0 Å². The number of hydrogen-bond donors (Lipinski definition) is 1. The predicted molar refractivity (Wildman–Crippen MR) is 76.6 cm³/mol. The van der Waals surface area contributed by atoms with Gasteiger partial charge in [0, 0.05) is 12.2 Å². The van der Waals surface area contributed by atoms with Crippen molar-refractivity contribution in [1.29, 1.82) is 0 Å². The van der Waals surface area contributed by atoms with Gasteiger partial charge in [-0.25, -0.2) is 4.98 Å². The Balaban J connectivity index is 2.24. The van der Waals surface area contributed by atoms with Crippen LogP contribution in [0.25, 0.3) is 5.65 Å². The predicted octanol–water partition coefficient (Wildman–Crippen LogP) is 3.15. The number of hydrogen-bond acceptors (Lipinski definition) is 2. The van der Waals surface area contributed by atoms with E-state index in [1.54, 1.807) is 10.6 Å². The Labute approximate surface area is 117 Å². The number of nitrogens with one attached hydrogen (secondary N) is 1. The van der Waals surface area contributed by atoms with Gasteiger partial charge in [-0.3, -0.25) is 9.20 Å². The van der Waals surface area contributed by atoms with Crippen LogP contribution in [0.15, 0.2) is 24.4 Å². The van der Waals surface area contributed by atoms with Gasteiger partial charge in [0.1, 0.15) is 5.65 Å². The molecule has 2 rings (SSSR count). The van der Waals surface area contributed by atoms with Crippen LogP contribution in [0.3, 0.4) is 0 Å². The molecule has 0 saturated heterocycles. The van der Waals surface area contributed by atoms with Crippen molar-refractivity contribution in [2.24, 2.45) is 5.92 Å². The molecule has 0 aliphatic heterocycles. The lowest BCUT2D eigenvalue weighted by atomic mass is 10.1. The molecule has 0 aromatic carbocycles. The van der Waals surface area contributed by atoms with E-state index in [0.717, 1.165) is 6.42 Å². The lowest BCUT2D eigenvalue weighted by Gasteiger charge is -2.15. The molecule has 2 aromatic heterocycles. The Kier molecular flexibility index (Phi) is 4.10. The molecule has 0 spiro atoms. The Bertz CT molecular complexity index is 591. The Morgan fingerprint density at radius 1 is 1.42 bits per heavy atom. The average Bonchev–Trinajstić information content (AvgIpc) is 2.63. The quantitative estimate of drug-likeness (QED) is 0.934. The van der Waals surface area contributed by atoms with E-state index in [-0.39, 0.29) is 17.1 Å². The average molecular weight is 280 g/mol. The zero-order valence-corrected chi connectivity index (χ0v) is 12.1. The minimum absolute atomic E-state index is 0.109. The van der Waals surface area contributed by atoms with Gasteiger partial charge in [0.15, 0.2) is 10.8 Å². The number of carbonyl (C=O) groups is 1. The van der Waals surface area contributed by atoms with E-state index in [1.807, 2.05) is 25.1 Å². The summed E-state index contributed by atoms with van der Waals surface area (Å²) in [6, 6.07) is 5.64. The van der Waals surface area contributed by atoms with Gasteiger partial charge in [0.05, 0.1) is 0 Å². The first kappa shape index (κ1) is 13.9. The van der Waals surface area contributed by atoms with Crippen molar-refractivity contribution in [3.8, 4) is 0 Å². The monoisotopic (exact) mass is 279 g/mol. The molecule has 1 atom stereocenters. The highest BCUT2D eigenvalue weighted by Gasteiger charge is 2.19. The van der Waals surface area contributed by atoms with Crippen molar-refractivity contribution in [2.75, 3.05) is 0 Å². The van der Waals surface area contributed by atoms with Gasteiger partial charge in [0.2, 0.25) is 0 Å². The van der Waals surface area contributed by atoms with E-state index in [9.17, 15) is 4.79 Å². The van der Waals surface area contributed by atoms with Crippen LogP contribution in [-0.2, 0) is 0 Å². The summed E-state index contributed by atoms with van der Waals surface area (Å²) < 4.78 is 1.71. The Morgan fingerprint density at radius 2 is 2.16 bits per heavy atom. The molecule has 0 unspecified atom stereocenters. The molecule has 0 bridgehead atoms. The van der Waals surface area contributed by atoms with Crippen LogP contribution in [0, 0.1) is 5.92 Å². The maximum atomic E-state index is 12.3. The molecule has 0 aliphatic rings. The summed E-state index contributed by atoms with van der Waals surface area (Å²) in [7, 11) is 0. The molecule has 102 valence electrons. The van der Waals surface area contributed by atoms with Crippen molar-refractivity contribution in [2.45, 2.75) is 33.2 Å².